The molecule has 0 fully saturated rings. The van der Waals surface area contributed by atoms with Gasteiger partial charge in [-0.05, 0) is 54.8 Å². The lowest BCUT2D eigenvalue weighted by atomic mass is 10.1. The molecule has 2 aromatic heterocycles. The van der Waals surface area contributed by atoms with Crippen molar-refractivity contribution >= 4 is 29.0 Å². The first-order valence-corrected chi connectivity index (χ1v) is 11.6. The second-order valence-corrected chi connectivity index (χ2v) is 8.45. The topological polar surface area (TPSA) is 116 Å². The summed E-state index contributed by atoms with van der Waals surface area (Å²) in [4.78, 5) is 27.5. The van der Waals surface area contributed by atoms with Gasteiger partial charge in [0, 0.05) is 29.7 Å². The van der Waals surface area contributed by atoms with E-state index in [0.717, 1.165) is 23.2 Å². The highest BCUT2D eigenvalue weighted by molar-refractivity contribution is 7.99. The molecule has 0 unspecified atom stereocenters. The van der Waals surface area contributed by atoms with Crippen LogP contribution in [0, 0.1) is 17.0 Å². The third-order valence-electron chi connectivity index (χ3n) is 5.13. The van der Waals surface area contributed by atoms with Crippen LogP contribution in [-0.4, -0.2) is 36.3 Å². The molecule has 4 rings (SSSR count). The van der Waals surface area contributed by atoms with E-state index in [-0.39, 0.29) is 23.0 Å². The van der Waals surface area contributed by atoms with Gasteiger partial charge in [-0.2, -0.15) is 0 Å². The smallest absolute Gasteiger partial charge is 0.293 e. The molecule has 0 atom stereocenters. The van der Waals surface area contributed by atoms with E-state index in [0.29, 0.717) is 11.0 Å². The molecule has 0 radical (unpaired) electrons. The Morgan fingerprint density at radius 2 is 1.82 bits per heavy atom. The lowest BCUT2D eigenvalue weighted by molar-refractivity contribution is -0.384. The van der Waals surface area contributed by atoms with Gasteiger partial charge in [-0.1, -0.05) is 36.9 Å². The molecule has 10 heteroatoms. The summed E-state index contributed by atoms with van der Waals surface area (Å²) in [6.45, 7) is 3.85. The number of amides is 1. The molecule has 4 aromatic rings. The zero-order chi connectivity index (χ0) is 24.1. The van der Waals surface area contributed by atoms with Crippen LogP contribution in [0.3, 0.4) is 0 Å². The number of hydrogen-bond donors (Lipinski definition) is 1. The van der Waals surface area contributed by atoms with E-state index in [9.17, 15) is 14.9 Å². The number of carbonyl (C=O) groups is 1. The fraction of sp³-hybridized carbons (Fsp3) is 0.167. The Morgan fingerprint density at radius 3 is 2.50 bits per heavy atom. The summed E-state index contributed by atoms with van der Waals surface area (Å²) in [7, 11) is 0. The first-order chi connectivity index (χ1) is 16.5. The van der Waals surface area contributed by atoms with Gasteiger partial charge < -0.3 is 5.32 Å². The number of nitro benzene ring substituents is 1. The van der Waals surface area contributed by atoms with Crippen LogP contribution >= 0.6 is 11.8 Å². The van der Waals surface area contributed by atoms with E-state index < -0.39 is 4.92 Å². The summed E-state index contributed by atoms with van der Waals surface area (Å²) in [5.41, 5.74) is 3.67. The van der Waals surface area contributed by atoms with Crippen LogP contribution < -0.4 is 5.32 Å². The van der Waals surface area contributed by atoms with Crippen molar-refractivity contribution in [2.75, 3.05) is 11.1 Å². The molecule has 0 aliphatic carbocycles. The molecule has 0 bridgehead atoms. The van der Waals surface area contributed by atoms with Gasteiger partial charge in [0.1, 0.15) is 5.69 Å². The predicted octanol–water partition coefficient (Wildman–Crippen LogP) is 4.84. The minimum absolute atomic E-state index is 0.00650. The number of aryl methyl sites for hydroxylation is 2. The van der Waals surface area contributed by atoms with Crippen LogP contribution in [-0.2, 0) is 11.2 Å². The van der Waals surface area contributed by atoms with Crippen LogP contribution in [0.25, 0.3) is 17.1 Å². The zero-order valence-electron chi connectivity index (χ0n) is 18.6. The van der Waals surface area contributed by atoms with Gasteiger partial charge in [0.2, 0.25) is 5.91 Å². The molecule has 9 nitrogen and oxygen atoms in total. The minimum atomic E-state index is -0.507. The summed E-state index contributed by atoms with van der Waals surface area (Å²) in [6, 6.07) is 16.5. The van der Waals surface area contributed by atoms with Crippen molar-refractivity contribution < 1.29 is 9.72 Å². The maximum Gasteiger partial charge on any atom is 0.293 e. The summed E-state index contributed by atoms with van der Waals surface area (Å²) >= 11 is 1.20. The van der Waals surface area contributed by atoms with E-state index in [1.54, 1.807) is 25.4 Å². The fourth-order valence-electron chi connectivity index (χ4n) is 3.38. The van der Waals surface area contributed by atoms with Crippen LogP contribution in [0.5, 0.6) is 0 Å². The molecule has 0 aliphatic rings. The highest BCUT2D eigenvalue weighted by atomic mass is 32.2. The van der Waals surface area contributed by atoms with E-state index in [1.807, 2.05) is 41.0 Å². The Bertz CT molecular complexity index is 1320. The molecular weight excluding hydrogens is 452 g/mol. The molecule has 2 aromatic carbocycles. The zero-order valence-corrected chi connectivity index (χ0v) is 19.5. The monoisotopic (exact) mass is 474 g/mol. The standard InChI is InChI=1S/C24H22N6O3S/c1-3-17-5-7-19(8-6-17)29-23(18-10-12-25-13-11-18)27-28-24(29)34-15-22(31)26-20-9-4-16(2)14-21(20)30(32)33/h4-14H,3,15H2,1-2H3,(H,26,31). The number of benzene rings is 2. The number of pyridine rings is 1. The maximum atomic E-state index is 12.6. The summed E-state index contributed by atoms with van der Waals surface area (Å²) < 4.78 is 1.89. The molecule has 0 aliphatic heterocycles. The molecule has 0 saturated heterocycles. The van der Waals surface area contributed by atoms with Gasteiger partial charge in [0.15, 0.2) is 11.0 Å². The first-order valence-electron chi connectivity index (χ1n) is 10.6. The SMILES string of the molecule is CCc1ccc(-n2c(SCC(=O)Nc3ccc(C)cc3[N+](=O)[O-])nnc2-c2ccncc2)cc1. The van der Waals surface area contributed by atoms with Gasteiger partial charge in [-0.25, -0.2) is 0 Å². The first kappa shape index (κ1) is 23.1. The third kappa shape index (κ3) is 5.12. The Hall–Kier alpha value is -4.05. The number of carbonyl (C=O) groups excluding carboxylic acids is 1. The number of rotatable bonds is 8. The maximum absolute atomic E-state index is 12.6. The second-order valence-electron chi connectivity index (χ2n) is 7.51. The van der Waals surface area contributed by atoms with Crippen molar-refractivity contribution in [3.63, 3.8) is 0 Å². The average molecular weight is 475 g/mol. The Labute approximate surface area is 200 Å². The van der Waals surface area contributed by atoms with Crippen molar-refractivity contribution in [3.05, 3.63) is 88.2 Å². The molecule has 2 heterocycles. The number of anilines is 1. The van der Waals surface area contributed by atoms with Crippen molar-refractivity contribution in [1.82, 2.24) is 19.7 Å². The Kier molecular flexibility index (Phi) is 6.98. The van der Waals surface area contributed by atoms with E-state index >= 15 is 0 Å². The van der Waals surface area contributed by atoms with Crippen LogP contribution in [0.4, 0.5) is 11.4 Å². The Morgan fingerprint density at radius 1 is 1.09 bits per heavy atom. The molecule has 172 valence electrons. The lowest BCUT2D eigenvalue weighted by Gasteiger charge is -2.11. The largest absolute Gasteiger partial charge is 0.320 e. The van der Waals surface area contributed by atoms with Crippen LogP contribution in [0.1, 0.15) is 18.1 Å². The van der Waals surface area contributed by atoms with Crippen molar-refractivity contribution in [2.45, 2.75) is 25.4 Å². The number of nitrogens with zero attached hydrogens (tertiary/aromatic N) is 5. The highest BCUT2D eigenvalue weighted by Gasteiger charge is 2.19. The summed E-state index contributed by atoms with van der Waals surface area (Å²) in [5, 5.41) is 23.2. The average Bonchev–Trinajstić information content (AvgIpc) is 3.28. The predicted molar refractivity (Wildman–Crippen MR) is 131 cm³/mol. The van der Waals surface area contributed by atoms with Crippen LogP contribution in [0.2, 0.25) is 0 Å². The number of nitrogens with one attached hydrogen (secondary N) is 1. The second kappa shape index (κ2) is 10.3. The quantitative estimate of drug-likeness (QED) is 0.221. The van der Waals surface area contributed by atoms with Gasteiger partial charge in [-0.15, -0.1) is 10.2 Å². The fourth-order valence-corrected chi connectivity index (χ4v) is 4.13. The van der Waals surface area contributed by atoms with E-state index in [2.05, 4.69) is 27.4 Å². The van der Waals surface area contributed by atoms with Gasteiger partial charge in [-0.3, -0.25) is 24.5 Å². The van der Waals surface area contributed by atoms with Crippen molar-refractivity contribution in [3.8, 4) is 17.1 Å². The molecule has 1 N–H and O–H groups in total. The third-order valence-corrected chi connectivity index (χ3v) is 6.06. The summed E-state index contributed by atoms with van der Waals surface area (Å²) in [5.74, 6) is 0.258. The van der Waals surface area contributed by atoms with E-state index in [1.165, 1.54) is 29.5 Å². The number of hydrogen-bond acceptors (Lipinski definition) is 7. The summed E-state index contributed by atoms with van der Waals surface area (Å²) in [6.07, 6.45) is 4.29. The lowest BCUT2D eigenvalue weighted by Crippen LogP contribution is -2.15. The Balaban J connectivity index is 1.59. The van der Waals surface area contributed by atoms with Crippen LogP contribution in [0.15, 0.2) is 72.1 Å². The number of nitro groups is 1. The molecule has 0 saturated carbocycles. The molecule has 1 amide bonds. The molecule has 34 heavy (non-hydrogen) atoms. The van der Waals surface area contributed by atoms with Gasteiger partial charge in [0.05, 0.1) is 10.7 Å². The van der Waals surface area contributed by atoms with Crippen molar-refractivity contribution in [2.24, 2.45) is 0 Å². The minimum Gasteiger partial charge on any atom is -0.320 e. The number of thioether (sulfide) groups is 1. The van der Waals surface area contributed by atoms with E-state index in [4.69, 9.17) is 0 Å². The van der Waals surface area contributed by atoms with Crippen molar-refractivity contribution in [1.29, 1.82) is 0 Å². The molecule has 0 spiro atoms. The highest BCUT2D eigenvalue weighted by Crippen LogP contribution is 2.29. The van der Waals surface area contributed by atoms with Gasteiger partial charge in [0.25, 0.3) is 5.69 Å². The number of aromatic nitrogens is 4. The normalized spacial score (nSPS) is 10.8. The molecular formula is C24H22N6O3S. The van der Waals surface area contributed by atoms with Gasteiger partial charge >= 0.3 is 0 Å².